The molecule has 0 aliphatic rings. The van der Waals surface area contributed by atoms with Crippen LogP contribution in [0.5, 0.6) is 5.75 Å². The molecule has 0 aliphatic carbocycles. The number of esters is 1. The summed E-state index contributed by atoms with van der Waals surface area (Å²) in [5, 5.41) is 2.30. The van der Waals surface area contributed by atoms with Gasteiger partial charge in [-0.2, -0.15) is 0 Å². The number of aromatic nitrogens is 1. The van der Waals surface area contributed by atoms with Crippen molar-refractivity contribution in [2.24, 2.45) is 0 Å². The fourth-order valence-corrected chi connectivity index (χ4v) is 3.69. The first kappa shape index (κ1) is 20.5. The molecule has 3 aromatic rings. The van der Waals surface area contributed by atoms with E-state index < -0.39 is 5.97 Å². The van der Waals surface area contributed by atoms with Gasteiger partial charge in [0, 0.05) is 12.3 Å². The van der Waals surface area contributed by atoms with Crippen molar-refractivity contribution in [2.75, 3.05) is 11.5 Å². The van der Waals surface area contributed by atoms with Crippen LogP contribution in [0.25, 0.3) is 0 Å². The summed E-state index contributed by atoms with van der Waals surface area (Å²) in [6, 6.07) is 15.1. The third-order valence-electron chi connectivity index (χ3n) is 4.18. The van der Waals surface area contributed by atoms with E-state index in [9.17, 15) is 9.59 Å². The Morgan fingerprint density at radius 2 is 1.72 bits per heavy atom. The molecule has 0 unspecified atom stereocenters. The molecule has 0 spiro atoms. The molecule has 1 heterocycles. The van der Waals surface area contributed by atoms with E-state index in [0.29, 0.717) is 16.6 Å². The Kier molecular flexibility index (Phi) is 6.61. The highest BCUT2D eigenvalue weighted by atomic mass is 32.1. The third kappa shape index (κ3) is 5.20. The Balaban J connectivity index is 1.58. The van der Waals surface area contributed by atoms with Crippen LogP contribution in [-0.4, -0.2) is 23.5 Å². The van der Waals surface area contributed by atoms with Gasteiger partial charge in [-0.25, -0.2) is 9.78 Å². The predicted molar refractivity (Wildman–Crippen MR) is 113 cm³/mol. The number of anilines is 2. The average Bonchev–Trinajstić information content (AvgIpc) is 3.15. The first-order valence-electron chi connectivity index (χ1n) is 9.10. The minimum absolute atomic E-state index is 0.0198. The molecule has 7 heteroatoms. The minimum Gasteiger partial charge on any atom is -0.481 e. The van der Waals surface area contributed by atoms with Crippen molar-refractivity contribution < 1.29 is 19.1 Å². The molecule has 0 bridgehead atoms. The normalized spacial score (nSPS) is 10.4. The van der Waals surface area contributed by atoms with Crippen LogP contribution in [0.15, 0.2) is 53.9 Å². The van der Waals surface area contributed by atoms with Crippen LogP contribution < -0.4 is 9.64 Å². The zero-order valence-corrected chi connectivity index (χ0v) is 17.4. The van der Waals surface area contributed by atoms with E-state index in [1.165, 1.54) is 23.2 Å². The van der Waals surface area contributed by atoms with Gasteiger partial charge in [-0.3, -0.25) is 9.69 Å². The van der Waals surface area contributed by atoms with E-state index in [1.54, 1.807) is 5.38 Å². The summed E-state index contributed by atoms with van der Waals surface area (Å²) in [5.41, 5.74) is 3.24. The molecule has 0 fully saturated rings. The quantitative estimate of drug-likeness (QED) is 0.534. The van der Waals surface area contributed by atoms with Gasteiger partial charge in [-0.1, -0.05) is 36.4 Å². The Labute approximate surface area is 173 Å². The van der Waals surface area contributed by atoms with Crippen LogP contribution in [0.3, 0.4) is 0 Å². The summed E-state index contributed by atoms with van der Waals surface area (Å²) in [5.74, 6) is 0.0742. The summed E-state index contributed by atoms with van der Waals surface area (Å²) in [6.45, 7) is 5.19. The zero-order valence-electron chi connectivity index (χ0n) is 16.5. The van der Waals surface area contributed by atoms with Crippen LogP contribution in [0, 0.1) is 13.8 Å². The molecule has 3 rings (SSSR count). The zero-order chi connectivity index (χ0) is 20.8. The van der Waals surface area contributed by atoms with Gasteiger partial charge in [0.2, 0.25) is 5.91 Å². The summed E-state index contributed by atoms with van der Waals surface area (Å²) >= 11 is 1.32. The second-order valence-corrected chi connectivity index (χ2v) is 7.32. The SMILES string of the molecule is CC(=O)N(c1ccccc1)c1nc(COC(=O)COc2c(C)cccc2C)cs1. The highest BCUT2D eigenvalue weighted by Gasteiger charge is 2.18. The van der Waals surface area contributed by atoms with E-state index >= 15 is 0 Å². The molecular formula is C22H22N2O4S. The lowest BCUT2D eigenvalue weighted by Gasteiger charge is -2.17. The number of carbonyl (C=O) groups excluding carboxylic acids is 2. The number of hydrogen-bond donors (Lipinski definition) is 0. The van der Waals surface area contributed by atoms with Crippen molar-refractivity contribution in [3.63, 3.8) is 0 Å². The standard InChI is InChI=1S/C22H22N2O4S/c1-15-8-7-9-16(2)21(15)28-13-20(26)27-12-18-14-29-22(23-18)24(17(3)25)19-10-5-4-6-11-19/h4-11,14H,12-13H2,1-3H3. The summed E-state index contributed by atoms with van der Waals surface area (Å²) < 4.78 is 10.9. The van der Waals surface area contributed by atoms with Crippen LogP contribution in [0.1, 0.15) is 23.7 Å². The molecule has 6 nitrogen and oxygen atoms in total. The lowest BCUT2D eigenvalue weighted by Crippen LogP contribution is -2.22. The summed E-state index contributed by atoms with van der Waals surface area (Å²) in [6.07, 6.45) is 0. The van der Waals surface area contributed by atoms with Gasteiger partial charge in [0.05, 0.1) is 11.4 Å². The molecule has 0 radical (unpaired) electrons. The van der Waals surface area contributed by atoms with E-state index in [1.807, 2.05) is 62.4 Å². The van der Waals surface area contributed by atoms with Gasteiger partial charge in [-0.05, 0) is 37.1 Å². The number of amides is 1. The van der Waals surface area contributed by atoms with E-state index in [-0.39, 0.29) is 19.1 Å². The molecule has 2 aromatic carbocycles. The van der Waals surface area contributed by atoms with Crippen molar-refractivity contribution in [3.8, 4) is 5.75 Å². The lowest BCUT2D eigenvalue weighted by molar-refractivity contribution is -0.147. The Hall–Kier alpha value is -3.19. The van der Waals surface area contributed by atoms with Crippen molar-refractivity contribution in [1.82, 2.24) is 4.98 Å². The molecule has 1 amide bonds. The van der Waals surface area contributed by atoms with Gasteiger partial charge >= 0.3 is 5.97 Å². The topological polar surface area (TPSA) is 68.7 Å². The molecule has 0 saturated heterocycles. The fraction of sp³-hybridized carbons (Fsp3) is 0.227. The Morgan fingerprint density at radius 1 is 1.03 bits per heavy atom. The second kappa shape index (κ2) is 9.34. The van der Waals surface area contributed by atoms with Gasteiger partial charge in [0.25, 0.3) is 0 Å². The van der Waals surface area contributed by atoms with Crippen molar-refractivity contribution in [2.45, 2.75) is 27.4 Å². The number of carbonyl (C=O) groups is 2. The maximum absolute atomic E-state index is 12.1. The van der Waals surface area contributed by atoms with Gasteiger partial charge in [0.1, 0.15) is 12.4 Å². The molecule has 1 aromatic heterocycles. The van der Waals surface area contributed by atoms with Crippen LogP contribution >= 0.6 is 11.3 Å². The second-order valence-electron chi connectivity index (χ2n) is 6.48. The highest BCUT2D eigenvalue weighted by Crippen LogP contribution is 2.29. The molecule has 29 heavy (non-hydrogen) atoms. The molecular weight excluding hydrogens is 388 g/mol. The number of thiazole rings is 1. The minimum atomic E-state index is -0.478. The van der Waals surface area contributed by atoms with Gasteiger partial charge < -0.3 is 9.47 Å². The van der Waals surface area contributed by atoms with E-state index in [2.05, 4.69) is 4.98 Å². The first-order chi connectivity index (χ1) is 14.0. The molecule has 0 saturated carbocycles. The van der Waals surface area contributed by atoms with Crippen molar-refractivity contribution >= 4 is 34.0 Å². The number of hydrogen-bond acceptors (Lipinski definition) is 6. The summed E-state index contributed by atoms with van der Waals surface area (Å²) in [4.78, 5) is 30.1. The Bertz CT molecular complexity index is 981. The molecule has 0 atom stereocenters. The monoisotopic (exact) mass is 410 g/mol. The number of rotatable bonds is 7. The molecule has 0 N–H and O–H groups in total. The van der Waals surface area contributed by atoms with Crippen molar-refractivity contribution in [3.05, 3.63) is 70.7 Å². The average molecular weight is 410 g/mol. The highest BCUT2D eigenvalue weighted by molar-refractivity contribution is 7.14. The van der Waals surface area contributed by atoms with Crippen LogP contribution in [0.2, 0.25) is 0 Å². The predicted octanol–water partition coefficient (Wildman–Crippen LogP) is 4.57. The largest absolute Gasteiger partial charge is 0.481 e. The van der Waals surface area contributed by atoms with E-state index in [0.717, 1.165) is 16.8 Å². The fourth-order valence-electron chi connectivity index (χ4n) is 2.82. The number of para-hydroxylation sites is 2. The maximum atomic E-state index is 12.1. The smallest absolute Gasteiger partial charge is 0.344 e. The van der Waals surface area contributed by atoms with Crippen LogP contribution in [0.4, 0.5) is 10.8 Å². The number of nitrogens with zero attached hydrogens (tertiary/aromatic N) is 2. The van der Waals surface area contributed by atoms with Gasteiger partial charge in [-0.15, -0.1) is 11.3 Å². The van der Waals surface area contributed by atoms with Crippen molar-refractivity contribution in [1.29, 1.82) is 0 Å². The number of aryl methyl sites for hydroxylation is 2. The summed E-state index contributed by atoms with van der Waals surface area (Å²) in [7, 11) is 0. The first-order valence-corrected chi connectivity index (χ1v) is 9.98. The Morgan fingerprint density at radius 3 is 2.38 bits per heavy atom. The van der Waals surface area contributed by atoms with E-state index in [4.69, 9.17) is 9.47 Å². The maximum Gasteiger partial charge on any atom is 0.344 e. The lowest BCUT2D eigenvalue weighted by atomic mass is 10.1. The van der Waals surface area contributed by atoms with Crippen LogP contribution in [-0.2, 0) is 20.9 Å². The number of ether oxygens (including phenoxy) is 2. The number of benzene rings is 2. The van der Waals surface area contributed by atoms with Gasteiger partial charge in [0.15, 0.2) is 11.7 Å². The molecule has 0 aliphatic heterocycles. The molecule has 150 valence electrons. The third-order valence-corrected chi connectivity index (χ3v) is 5.06.